The molecule has 8 nitrogen and oxygen atoms in total. The molecule has 4 heterocycles. The molecule has 3 fully saturated rings. The van der Waals surface area contributed by atoms with Crippen LogP contribution in [0.5, 0.6) is 0 Å². The Bertz CT molecular complexity index is 876. The lowest BCUT2D eigenvalue weighted by Crippen LogP contribution is -2.53. The highest BCUT2D eigenvalue weighted by atomic mass is 16.5. The predicted molar refractivity (Wildman–Crippen MR) is 110 cm³/mol. The fourth-order valence-electron chi connectivity index (χ4n) is 4.51. The van der Waals surface area contributed by atoms with E-state index in [-0.39, 0.29) is 18.1 Å². The van der Waals surface area contributed by atoms with Gasteiger partial charge in [0.25, 0.3) is 5.91 Å². The van der Waals surface area contributed by atoms with E-state index in [0.29, 0.717) is 24.8 Å². The van der Waals surface area contributed by atoms with Gasteiger partial charge in [-0.25, -0.2) is 0 Å². The molecule has 0 unspecified atom stereocenters. The van der Waals surface area contributed by atoms with Gasteiger partial charge in [0, 0.05) is 51.5 Å². The molecule has 8 heteroatoms. The standard InChI is InChI=1S/C22H29N5O3/c1-25-19(13-18(24-25)16-4-5-16)22(28)27-9-12-30-20(15-26-7-10-29-11-8-26)21(27)17-3-2-6-23-14-17/h2-3,6,13-14,16,20-21H,4-5,7-12,15H2,1H3/t20-,21-/m0/s1. The first-order chi connectivity index (χ1) is 14.7. The van der Waals surface area contributed by atoms with Crippen molar-refractivity contribution < 1.29 is 14.3 Å². The van der Waals surface area contributed by atoms with Crippen molar-refractivity contribution in [3.8, 4) is 0 Å². The largest absolute Gasteiger partial charge is 0.379 e. The molecule has 2 aromatic rings. The van der Waals surface area contributed by atoms with Gasteiger partial charge in [0.1, 0.15) is 5.69 Å². The average molecular weight is 412 g/mol. The van der Waals surface area contributed by atoms with E-state index >= 15 is 0 Å². The number of carbonyl (C=O) groups is 1. The normalized spacial score (nSPS) is 25.4. The number of carbonyl (C=O) groups excluding carboxylic acids is 1. The number of hydrogen-bond acceptors (Lipinski definition) is 6. The molecule has 2 aromatic heterocycles. The van der Waals surface area contributed by atoms with Crippen LogP contribution in [-0.4, -0.2) is 82.6 Å². The number of aromatic nitrogens is 3. The van der Waals surface area contributed by atoms with Crippen molar-refractivity contribution in [1.29, 1.82) is 0 Å². The summed E-state index contributed by atoms with van der Waals surface area (Å²) in [5.74, 6) is 0.534. The molecule has 0 aromatic carbocycles. The minimum atomic E-state index is -0.179. The third-order valence-electron chi connectivity index (χ3n) is 6.29. The van der Waals surface area contributed by atoms with E-state index in [9.17, 15) is 4.79 Å². The van der Waals surface area contributed by atoms with Crippen LogP contribution in [0.25, 0.3) is 0 Å². The summed E-state index contributed by atoms with van der Waals surface area (Å²) in [4.78, 5) is 22.3. The number of nitrogens with zero attached hydrogens (tertiary/aromatic N) is 5. The van der Waals surface area contributed by atoms with Crippen LogP contribution in [0.2, 0.25) is 0 Å². The summed E-state index contributed by atoms with van der Waals surface area (Å²) in [5, 5.41) is 4.60. The highest BCUT2D eigenvalue weighted by molar-refractivity contribution is 5.93. The maximum absolute atomic E-state index is 13.7. The van der Waals surface area contributed by atoms with Gasteiger partial charge in [-0.05, 0) is 30.5 Å². The zero-order chi connectivity index (χ0) is 20.5. The van der Waals surface area contributed by atoms with Crippen molar-refractivity contribution in [3.63, 3.8) is 0 Å². The molecule has 2 atom stereocenters. The van der Waals surface area contributed by atoms with Gasteiger partial charge in [-0.3, -0.25) is 19.4 Å². The van der Waals surface area contributed by atoms with Crippen molar-refractivity contribution in [3.05, 3.63) is 47.5 Å². The first-order valence-corrected chi connectivity index (χ1v) is 10.9. The summed E-state index contributed by atoms with van der Waals surface area (Å²) in [6, 6.07) is 5.76. The van der Waals surface area contributed by atoms with Crippen molar-refractivity contribution in [1.82, 2.24) is 24.6 Å². The fraction of sp³-hybridized carbons (Fsp3) is 0.591. The topological polar surface area (TPSA) is 72.7 Å². The highest BCUT2D eigenvalue weighted by Crippen LogP contribution is 2.40. The number of aryl methyl sites for hydroxylation is 1. The Morgan fingerprint density at radius 3 is 2.77 bits per heavy atom. The van der Waals surface area contributed by atoms with Gasteiger partial charge in [-0.2, -0.15) is 5.10 Å². The van der Waals surface area contributed by atoms with E-state index in [1.54, 1.807) is 10.9 Å². The molecule has 5 rings (SSSR count). The Morgan fingerprint density at radius 2 is 2.03 bits per heavy atom. The first kappa shape index (κ1) is 19.7. The summed E-state index contributed by atoms with van der Waals surface area (Å²) >= 11 is 0. The minimum absolute atomic E-state index is 0.0148. The van der Waals surface area contributed by atoms with Gasteiger partial charge in [0.05, 0.1) is 37.7 Å². The molecule has 160 valence electrons. The predicted octanol–water partition coefficient (Wildman–Crippen LogP) is 1.61. The van der Waals surface area contributed by atoms with Crippen molar-refractivity contribution in [2.24, 2.45) is 7.05 Å². The van der Waals surface area contributed by atoms with Crippen molar-refractivity contribution in [2.45, 2.75) is 30.9 Å². The molecule has 0 radical (unpaired) electrons. The second-order valence-corrected chi connectivity index (χ2v) is 8.40. The molecular weight excluding hydrogens is 382 g/mol. The molecule has 0 spiro atoms. The molecule has 1 saturated carbocycles. The Labute approximate surface area is 176 Å². The molecule has 1 amide bonds. The van der Waals surface area contributed by atoms with Gasteiger partial charge in [-0.1, -0.05) is 6.07 Å². The summed E-state index contributed by atoms with van der Waals surface area (Å²) in [5.41, 5.74) is 2.70. The zero-order valence-corrected chi connectivity index (χ0v) is 17.4. The molecule has 2 saturated heterocycles. The van der Waals surface area contributed by atoms with E-state index < -0.39 is 0 Å². The lowest BCUT2D eigenvalue weighted by Gasteiger charge is -2.43. The third kappa shape index (κ3) is 3.99. The van der Waals surface area contributed by atoms with Crippen molar-refractivity contribution in [2.75, 3.05) is 46.0 Å². The van der Waals surface area contributed by atoms with Gasteiger partial charge in [-0.15, -0.1) is 0 Å². The molecule has 1 aliphatic carbocycles. The van der Waals surface area contributed by atoms with Crippen LogP contribution in [0.1, 0.15) is 46.5 Å². The van der Waals surface area contributed by atoms with Crippen LogP contribution in [-0.2, 0) is 16.5 Å². The van der Waals surface area contributed by atoms with Crippen LogP contribution in [0.4, 0.5) is 0 Å². The number of amides is 1. The van der Waals surface area contributed by atoms with Crippen LogP contribution in [0.15, 0.2) is 30.6 Å². The second-order valence-electron chi connectivity index (χ2n) is 8.40. The van der Waals surface area contributed by atoms with Crippen molar-refractivity contribution >= 4 is 5.91 Å². The fourth-order valence-corrected chi connectivity index (χ4v) is 4.51. The molecule has 0 bridgehead atoms. The summed E-state index contributed by atoms with van der Waals surface area (Å²) in [7, 11) is 1.86. The maximum Gasteiger partial charge on any atom is 0.272 e. The van der Waals surface area contributed by atoms with Gasteiger partial charge in [0.2, 0.25) is 0 Å². The SMILES string of the molecule is Cn1nc(C2CC2)cc1C(=O)N1CCO[C@@H](CN2CCOCC2)[C@@H]1c1cccnc1. The summed E-state index contributed by atoms with van der Waals surface area (Å²) < 4.78 is 13.5. The van der Waals surface area contributed by atoms with E-state index in [2.05, 4.69) is 15.0 Å². The molecule has 0 N–H and O–H groups in total. The van der Waals surface area contributed by atoms with Gasteiger partial charge in [0.15, 0.2) is 0 Å². The number of rotatable bonds is 5. The number of morpholine rings is 2. The number of ether oxygens (including phenoxy) is 2. The van der Waals surface area contributed by atoms with Crippen LogP contribution < -0.4 is 0 Å². The van der Waals surface area contributed by atoms with E-state index in [1.165, 1.54) is 12.8 Å². The van der Waals surface area contributed by atoms with Crippen LogP contribution >= 0.6 is 0 Å². The average Bonchev–Trinajstić information content (AvgIpc) is 3.56. The van der Waals surface area contributed by atoms with E-state index in [1.807, 2.05) is 36.3 Å². The van der Waals surface area contributed by atoms with Gasteiger partial charge >= 0.3 is 0 Å². The molecular formula is C22H29N5O3. The minimum Gasteiger partial charge on any atom is -0.379 e. The monoisotopic (exact) mass is 411 g/mol. The molecule has 30 heavy (non-hydrogen) atoms. The second kappa shape index (κ2) is 8.45. The van der Waals surface area contributed by atoms with E-state index in [4.69, 9.17) is 9.47 Å². The molecule has 3 aliphatic rings. The zero-order valence-electron chi connectivity index (χ0n) is 17.4. The summed E-state index contributed by atoms with van der Waals surface area (Å²) in [6.45, 7) is 5.12. The van der Waals surface area contributed by atoms with E-state index in [0.717, 1.165) is 44.1 Å². The lowest BCUT2D eigenvalue weighted by molar-refractivity contribution is -0.0821. The number of hydrogen-bond donors (Lipinski definition) is 0. The first-order valence-electron chi connectivity index (χ1n) is 10.9. The van der Waals surface area contributed by atoms with Gasteiger partial charge < -0.3 is 14.4 Å². The Hall–Kier alpha value is -2.29. The van der Waals surface area contributed by atoms with Crippen LogP contribution in [0.3, 0.4) is 0 Å². The smallest absolute Gasteiger partial charge is 0.272 e. The number of pyridine rings is 1. The summed E-state index contributed by atoms with van der Waals surface area (Å²) in [6.07, 6.45) is 5.84. The lowest BCUT2D eigenvalue weighted by atomic mass is 9.98. The quantitative estimate of drug-likeness (QED) is 0.744. The Kier molecular flexibility index (Phi) is 5.54. The Morgan fingerprint density at radius 1 is 1.20 bits per heavy atom. The molecule has 2 aliphatic heterocycles. The Balaban J connectivity index is 1.43. The van der Waals surface area contributed by atoms with Crippen LogP contribution in [0, 0.1) is 0 Å². The maximum atomic E-state index is 13.7. The highest BCUT2D eigenvalue weighted by Gasteiger charge is 2.39. The third-order valence-corrected chi connectivity index (χ3v) is 6.29.